The number of H-pyrrole nitrogens is 1. The van der Waals surface area contributed by atoms with Crippen molar-refractivity contribution in [3.63, 3.8) is 0 Å². The highest BCUT2D eigenvalue weighted by molar-refractivity contribution is 5.86. The highest BCUT2D eigenvalue weighted by Gasteiger charge is 2.23. The molecule has 11 nitrogen and oxygen atoms in total. The number of esters is 1. The summed E-state index contributed by atoms with van der Waals surface area (Å²) >= 11 is 0. The first-order valence-electron chi connectivity index (χ1n) is 13.1. The van der Waals surface area contributed by atoms with Crippen LogP contribution >= 0.6 is 0 Å². The van der Waals surface area contributed by atoms with E-state index in [0.29, 0.717) is 31.0 Å². The molecule has 0 unspecified atom stereocenters. The first-order valence-corrected chi connectivity index (χ1v) is 13.1. The van der Waals surface area contributed by atoms with Crippen LogP contribution in [-0.4, -0.2) is 93.4 Å². The van der Waals surface area contributed by atoms with Crippen LogP contribution < -0.4 is 14.8 Å². The fourth-order valence-electron chi connectivity index (χ4n) is 4.27. The summed E-state index contributed by atoms with van der Waals surface area (Å²) in [6, 6.07) is 13.0. The van der Waals surface area contributed by atoms with Crippen LogP contribution in [0.2, 0.25) is 0 Å². The zero-order chi connectivity index (χ0) is 28.9. The van der Waals surface area contributed by atoms with Crippen molar-refractivity contribution in [2.45, 2.75) is 19.9 Å². The van der Waals surface area contributed by atoms with E-state index >= 15 is 0 Å². The number of carbonyl (C=O) groups excluding carboxylic acids is 3. The molecular formula is C29H38N4O7. The highest BCUT2D eigenvalue weighted by Crippen LogP contribution is 2.28. The second-order valence-corrected chi connectivity index (χ2v) is 8.99. The zero-order valence-electron chi connectivity index (χ0n) is 23.5. The number of hydrogen-bond donors (Lipinski definition) is 2. The van der Waals surface area contributed by atoms with Crippen molar-refractivity contribution in [1.29, 1.82) is 0 Å². The maximum Gasteiger partial charge on any atom is 0.325 e. The molecule has 3 aromatic rings. The molecule has 0 saturated heterocycles. The Balaban J connectivity index is 1.80. The van der Waals surface area contributed by atoms with Gasteiger partial charge in [0.05, 0.1) is 27.4 Å². The van der Waals surface area contributed by atoms with Crippen LogP contribution in [0.25, 0.3) is 10.9 Å². The SMILES string of the molecule is CCOC(=O)CNC(=O)N(CCOC)CC(=O)N(CCc1c[nH]c2ccccc12)Cc1ccc(OC)c(OC)c1. The van der Waals surface area contributed by atoms with E-state index in [-0.39, 0.29) is 38.8 Å². The van der Waals surface area contributed by atoms with Gasteiger partial charge in [-0.3, -0.25) is 9.59 Å². The maximum absolute atomic E-state index is 13.7. The third kappa shape index (κ3) is 8.37. The van der Waals surface area contributed by atoms with Crippen LogP contribution in [0.4, 0.5) is 4.79 Å². The lowest BCUT2D eigenvalue weighted by Gasteiger charge is -2.28. The number of fused-ring (bicyclic) bond motifs is 1. The van der Waals surface area contributed by atoms with Gasteiger partial charge in [0.2, 0.25) is 5.91 Å². The molecule has 0 spiro atoms. The molecule has 40 heavy (non-hydrogen) atoms. The number of hydrogen-bond acceptors (Lipinski definition) is 7. The van der Waals surface area contributed by atoms with Gasteiger partial charge in [0.25, 0.3) is 0 Å². The van der Waals surface area contributed by atoms with Crippen molar-refractivity contribution >= 4 is 28.8 Å². The molecule has 11 heteroatoms. The van der Waals surface area contributed by atoms with E-state index < -0.39 is 12.0 Å². The Bertz CT molecular complexity index is 1280. The minimum Gasteiger partial charge on any atom is -0.493 e. The molecule has 0 aliphatic rings. The topological polar surface area (TPSA) is 122 Å². The Kier molecular flexibility index (Phi) is 11.6. The molecule has 2 aromatic carbocycles. The van der Waals surface area contributed by atoms with Gasteiger partial charge in [-0.1, -0.05) is 24.3 Å². The van der Waals surface area contributed by atoms with Crippen LogP contribution in [-0.2, 0) is 32.0 Å². The third-order valence-electron chi connectivity index (χ3n) is 6.37. The Hall–Kier alpha value is -4.25. The minimum absolute atomic E-state index is 0.170. The van der Waals surface area contributed by atoms with Gasteiger partial charge >= 0.3 is 12.0 Å². The summed E-state index contributed by atoms with van der Waals surface area (Å²) in [6.07, 6.45) is 2.56. The van der Waals surface area contributed by atoms with E-state index in [4.69, 9.17) is 18.9 Å². The van der Waals surface area contributed by atoms with Crippen molar-refractivity contribution in [2.75, 3.05) is 60.7 Å². The van der Waals surface area contributed by atoms with Gasteiger partial charge < -0.3 is 39.0 Å². The standard InChI is InChI=1S/C29H38N4O7/c1-5-40-28(35)18-31-29(36)33(14-15-37-2)20-27(34)32(19-21-10-11-25(38-3)26(16-21)39-4)13-12-22-17-30-24-9-7-6-8-23(22)24/h6-11,16-17,30H,5,12-15,18-20H2,1-4H3,(H,31,36). The first kappa shape index (κ1) is 30.3. The number of para-hydroxylation sites is 1. The first-order chi connectivity index (χ1) is 19.4. The molecule has 0 atom stereocenters. The summed E-state index contributed by atoms with van der Waals surface area (Å²) in [5.74, 6) is 0.343. The molecule has 0 radical (unpaired) electrons. The molecule has 0 aliphatic carbocycles. The van der Waals surface area contributed by atoms with E-state index in [1.807, 2.05) is 42.6 Å². The van der Waals surface area contributed by atoms with Gasteiger partial charge in [-0.15, -0.1) is 0 Å². The summed E-state index contributed by atoms with van der Waals surface area (Å²) in [7, 11) is 4.64. The average molecular weight is 555 g/mol. The summed E-state index contributed by atoms with van der Waals surface area (Å²) in [5.41, 5.74) is 2.96. The number of amides is 3. The Morgan fingerprint density at radius 1 is 0.950 bits per heavy atom. The van der Waals surface area contributed by atoms with Gasteiger partial charge in [0, 0.05) is 43.8 Å². The van der Waals surface area contributed by atoms with Gasteiger partial charge in [0.15, 0.2) is 11.5 Å². The number of aromatic nitrogens is 1. The van der Waals surface area contributed by atoms with Crippen LogP contribution in [0.3, 0.4) is 0 Å². The number of nitrogens with zero attached hydrogens (tertiary/aromatic N) is 2. The Labute approximate surface area is 234 Å². The number of ether oxygens (including phenoxy) is 4. The van der Waals surface area contributed by atoms with E-state index in [1.54, 1.807) is 32.1 Å². The van der Waals surface area contributed by atoms with Crippen LogP contribution in [0, 0.1) is 0 Å². The number of rotatable bonds is 15. The molecule has 1 aromatic heterocycles. The molecule has 216 valence electrons. The summed E-state index contributed by atoms with van der Waals surface area (Å²) in [5, 5.41) is 3.62. The van der Waals surface area contributed by atoms with Crippen molar-refractivity contribution < 1.29 is 33.3 Å². The summed E-state index contributed by atoms with van der Waals surface area (Å²) in [6.45, 7) is 2.52. The molecule has 3 rings (SSSR count). The number of urea groups is 1. The molecule has 1 heterocycles. The fourth-order valence-corrected chi connectivity index (χ4v) is 4.27. The van der Waals surface area contributed by atoms with Gasteiger partial charge in [0.1, 0.15) is 13.1 Å². The van der Waals surface area contributed by atoms with Crippen LogP contribution in [0.5, 0.6) is 11.5 Å². The fraction of sp³-hybridized carbons (Fsp3) is 0.414. The average Bonchev–Trinajstić information content (AvgIpc) is 3.39. The minimum atomic E-state index is -0.554. The Morgan fingerprint density at radius 2 is 1.73 bits per heavy atom. The molecule has 3 amide bonds. The van der Waals surface area contributed by atoms with Crippen molar-refractivity contribution in [2.24, 2.45) is 0 Å². The lowest BCUT2D eigenvalue weighted by Crippen LogP contribution is -2.49. The second-order valence-electron chi connectivity index (χ2n) is 8.99. The quantitative estimate of drug-likeness (QED) is 0.277. The van der Waals surface area contributed by atoms with E-state index in [0.717, 1.165) is 22.0 Å². The maximum atomic E-state index is 13.7. The Morgan fingerprint density at radius 3 is 2.45 bits per heavy atom. The van der Waals surface area contributed by atoms with Crippen LogP contribution in [0.1, 0.15) is 18.1 Å². The molecule has 0 bridgehead atoms. The zero-order valence-corrected chi connectivity index (χ0v) is 23.5. The van der Waals surface area contributed by atoms with Crippen molar-refractivity contribution in [3.05, 3.63) is 59.8 Å². The second kappa shape index (κ2) is 15.4. The lowest BCUT2D eigenvalue weighted by atomic mass is 10.1. The predicted molar refractivity (Wildman–Crippen MR) is 150 cm³/mol. The highest BCUT2D eigenvalue weighted by atomic mass is 16.5. The molecule has 2 N–H and O–H groups in total. The number of benzene rings is 2. The monoisotopic (exact) mass is 554 g/mol. The van der Waals surface area contributed by atoms with Gasteiger partial charge in [-0.05, 0) is 42.7 Å². The molecule has 0 aliphatic heterocycles. The number of aromatic amines is 1. The lowest BCUT2D eigenvalue weighted by molar-refractivity contribution is -0.141. The van der Waals surface area contributed by atoms with Crippen molar-refractivity contribution in [1.82, 2.24) is 20.1 Å². The summed E-state index contributed by atoms with van der Waals surface area (Å²) < 4.78 is 20.8. The normalized spacial score (nSPS) is 10.7. The molecule has 0 fully saturated rings. The molecule has 0 saturated carbocycles. The van der Waals surface area contributed by atoms with E-state index in [2.05, 4.69) is 10.3 Å². The van der Waals surface area contributed by atoms with Gasteiger partial charge in [-0.25, -0.2) is 4.79 Å². The summed E-state index contributed by atoms with van der Waals surface area (Å²) in [4.78, 5) is 44.6. The smallest absolute Gasteiger partial charge is 0.325 e. The van der Waals surface area contributed by atoms with E-state index in [9.17, 15) is 14.4 Å². The van der Waals surface area contributed by atoms with Crippen LogP contribution in [0.15, 0.2) is 48.7 Å². The number of nitrogens with one attached hydrogen (secondary N) is 2. The number of carbonyl (C=O) groups is 3. The van der Waals surface area contributed by atoms with Gasteiger partial charge in [-0.2, -0.15) is 0 Å². The largest absolute Gasteiger partial charge is 0.493 e. The predicted octanol–water partition coefficient (Wildman–Crippen LogP) is 2.98. The third-order valence-corrected chi connectivity index (χ3v) is 6.37. The molecular weight excluding hydrogens is 516 g/mol. The van der Waals surface area contributed by atoms with Crippen molar-refractivity contribution in [3.8, 4) is 11.5 Å². The number of methoxy groups -OCH3 is 3. The van der Waals surface area contributed by atoms with E-state index in [1.165, 1.54) is 12.0 Å².